The van der Waals surface area contributed by atoms with Gasteiger partial charge in [0.2, 0.25) is 5.91 Å². The first-order chi connectivity index (χ1) is 61.9. The lowest BCUT2D eigenvalue weighted by Crippen LogP contribution is -2.72. The quantitative estimate of drug-likeness (QED) is 0.0352. The first kappa shape index (κ1) is 92.3. The van der Waals surface area contributed by atoms with E-state index in [1.807, 2.05) is 250 Å². The number of carbonyl (C=O) groups excluding carboxylic acids is 3. The van der Waals surface area contributed by atoms with Gasteiger partial charge in [0, 0.05) is 21.0 Å². The molecule has 6 heterocycles. The van der Waals surface area contributed by atoms with E-state index < -0.39 is 177 Å². The van der Waals surface area contributed by atoms with Crippen molar-refractivity contribution >= 4 is 17.8 Å². The van der Waals surface area contributed by atoms with Gasteiger partial charge in [0.05, 0.1) is 89.9 Å². The molecule has 1 N–H and O–H groups in total. The highest BCUT2D eigenvalue weighted by atomic mass is 16.8. The number of ether oxygens (including phenoxy) is 22. The molecule has 26 heteroatoms. The third-order valence-corrected chi connectivity index (χ3v) is 23.1. The summed E-state index contributed by atoms with van der Waals surface area (Å²) in [5.74, 6) is -3.40. The van der Waals surface area contributed by atoms with Gasteiger partial charge in [0.15, 0.2) is 49.4 Å². The molecule has 15 rings (SSSR count). The number of hydrogen-bond acceptors (Lipinski definition) is 25. The van der Waals surface area contributed by atoms with Gasteiger partial charge in [-0.2, -0.15) is 0 Å². The van der Waals surface area contributed by atoms with Crippen molar-refractivity contribution in [3.8, 4) is 0 Å². The fourth-order valence-corrected chi connectivity index (χ4v) is 16.9. The summed E-state index contributed by atoms with van der Waals surface area (Å²) in [5.41, 5.74) is 7.00. The standard InChI is InChI=1S/C101H115NO25/c1-64-81(108-55-70-38-20-10-21-39-70)87(112-59-74-46-28-14-29-47-74)92(97(106-8)116-64)126-96-80(102-67(4)103)86(85-79(120-96)63-115-101(6,7)127-85)123-99-93(119-68(5)104)89(82(65(2)117-99)109-56-71-40-22-11-23-41-71)125-100-94(122-95(105)77-52-34-17-35-53-77)90(83(66(3)118-100)110-57-72-42-24-12-25-43-72)124-98-91(114-61-76-50-32-16-33-51-76)88(113-60-75-48-30-15-31-49-75)84(111-58-73-44-26-13-27-45-73)78(121-98)62-107-54-69-36-18-9-19-37-69/h9-53,64-66,78-94,96-100H,54-63H2,1-8H3,(H,102,103)/t64-,65-,66-,78+,79+,80+,81-,82-,83-,84+,85+,86+,87+,88-,89+,90+,91+,92+,93+,94+,96-,97+,98+,99-,100-/m0/s1. The van der Waals surface area contributed by atoms with Crippen LogP contribution in [0, 0.1) is 0 Å². The number of nitrogens with one attached hydrogen (secondary N) is 1. The number of fused-ring (bicyclic) bond motifs is 1. The summed E-state index contributed by atoms with van der Waals surface area (Å²) in [4.78, 5) is 44.4. The highest BCUT2D eigenvalue weighted by Crippen LogP contribution is 2.44. The Morgan fingerprint density at radius 3 is 1.08 bits per heavy atom. The molecule has 0 spiro atoms. The average molecular weight is 1740 g/mol. The second-order valence-corrected chi connectivity index (χ2v) is 33.0. The zero-order chi connectivity index (χ0) is 88.0. The van der Waals surface area contributed by atoms with E-state index in [2.05, 4.69) is 5.32 Å². The predicted molar refractivity (Wildman–Crippen MR) is 462 cm³/mol. The van der Waals surface area contributed by atoms with Gasteiger partial charge in [-0.1, -0.05) is 261 Å². The highest BCUT2D eigenvalue weighted by Gasteiger charge is 2.62. The molecular weight excluding hydrogens is 1630 g/mol. The van der Waals surface area contributed by atoms with Crippen molar-refractivity contribution in [2.45, 2.75) is 261 Å². The molecule has 6 fully saturated rings. The van der Waals surface area contributed by atoms with Crippen molar-refractivity contribution in [1.29, 1.82) is 0 Å². The second-order valence-electron chi connectivity index (χ2n) is 33.0. The highest BCUT2D eigenvalue weighted by molar-refractivity contribution is 5.89. The third kappa shape index (κ3) is 24.8. The Bertz CT molecular complexity index is 4780. The van der Waals surface area contributed by atoms with E-state index in [-0.39, 0.29) is 71.6 Å². The number of methoxy groups -OCH3 is 1. The largest absolute Gasteiger partial charge is 0.454 e. The fourth-order valence-electron chi connectivity index (χ4n) is 16.9. The van der Waals surface area contributed by atoms with Crippen molar-refractivity contribution in [1.82, 2.24) is 5.32 Å². The van der Waals surface area contributed by atoms with Crippen LogP contribution in [0.5, 0.6) is 0 Å². The molecule has 0 radical (unpaired) electrons. The molecule has 0 bridgehead atoms. The summed E-state index contributed by atoms with van der Waals surface area (Å²) in [6.45, 7) is 12.2. The summed E-state index contributed by atoms with van der Waals surface area (Å²) in [6, 6.07) is 84.8. The minimum atomic E-state index is -1.71. The molecule has 26 nitrogen and oxygen atoms in total. The number of esters is 2. The minimum Gasteiger partial charge on any atom is -0.454 e. The Hall–Kier alpha value is -9.41. The van der Waals surface area contributed by atoms with Crippen LogP contribution in [0.3, 0.4) is 0 Å². The lowest BCUT2D eigenvalue weighted by Gasteiger charge is -2.54. The first-order valence-corrected chi connectivity index (χ1v) is 43.6. The van der Waals surface area contributed by atoms with Gasteiger partial charge in [0.1, 0.15) is 91.5 Å². The summed E-state index contributed by atoms with van der Waals surface area (Å²) < 4.78 is 155. The smallest absolute Gasteiger partial charge is 0.338 e. The molecule has 1 amide bonds. The van der Waals surface area contributed by atoms with E-state index in [0.29, 0.717) is 0 Å². The number of rotatable bonds is 38. The summed E-state index contributed by atoms with van der Waals surface area (Å²) in [7, 11) is 1.50. The van der Waals surface area contributed by atoms with Crippen LogP contribution >= 0.6 is 0 Å². The van der Waals surface area contributed by atoms with E-state index in [1.54, 1.807) is 58.0 Å². The molecule has 25 atom stereocenters. The van der Waals surface area contributed by atoms with Crippen LogP contribution in [0.1, 0.15) is 103 Å². The number of benzene rings is 9. The van der Waals surface area contributed by atoms with Crippen molar-refractivity contribution in [2.24, 2.45) is 0 Å². The molecule has 127 heavy (non-hydrogen) atoms. The van der Waals surface area contributed by atoms with Crippen LogP contribution in [0.4, 0.5) is 0 Å². The van der Waals surface area contributed by atoms with E-state index in [1.165, 1.54) is 21.0 Å². The second kappa shape index (κ2) is 45.2. The SMILES string of the molecule is CO[C@@H]1O[C@@H](C)[C@H](OCc2ccccc2)[C@@H](OCc2ccccc2)[C@H]1O[C@@H]1O[C@@H]2COC(C)(C)O[C@H]2[C@H](O[C@@H]2O[C@@H](C)[C@H](OCc3ccccc3)[C@@H](O[C@@H]3O[C@@H](C)[C@H](OCc4ccccc4)[C@@H](O[C@H]4O[C@H](COCc5ccccc5)[C@@H](OCc5ccccc5)[C@H](OCc5ccccc5)[C@H]4OCc4ccccc4)[C@H]3OC(=O)c3ccccc3)[C@H]2OC(C)=O)[C@H]1NC(C)=O. The maximum atomic E-state index is 15.6. The molecule has 6 saturated heterocycles. The van der Waals surface area contributed by atoms with Gasteiger partial charge >= 0.3 is 11.9 Å². The van der Waals surface area contributed by atoms with Crippen LogP contribution in [-0.2, 0) is 167 Å². The molecule has 9 aromatic rings. The molecule has 674 valence electrons. The maximum absolute atomic E-state index is 15.6. The topological polar surface area (TPSA) is 266 Å². The van der Waals surface area contributed by atoms with Crippen LogP contribution in [0.15, 0.2) is 273 Å². The van der Waals surface area contributed by atoms with Crippen molar-refractivity contribution in [3.05, 3.63) is 323 Å². The summed E-state index contributed by atoms with van der Waals surface area (Å²) in [5, 5.41) is 3.12. The first-order valence-electron chi connectivity index (χ1n) is 43.6. The van der Waals surface area contributed by atoms with Gasteiger partial charge < -0.3 is 110 Å². The fraction of sp³-hybridized carbons (Fsp3) is 0.436. The van der Waals surface area contributed by atoms with Crippen LogP contribution in [0.2, 0.25) is 0 Å². The van der Waals surface area contributed by atoms with E-state index in [9.17, 15) is 9.59 Å². The lowest BCUT2D eigenvalue weighted by molar-refractivity contribution is -0.412. The zero-order valence-electron chi connectivity index (χ0n) is 72.7. The maximum Gasteiger partial charge on any atom is 0.338 e. The Morgan fingerprint density at radius 1 is 0.346 bits per heavy atom. The van der Waals surface area contributed by atoms with Gasteiger partial charge in [-0.3, -0.25) is 9.59 Å². The average Bonchev–Trinajstić information content (AvgIpc) is 0.751. The van der Waals surface area contributed by atoms with Crippen molar-refractivity contribution in [2.75, 3.05) is 20.3 Å². The molecule has 0 saturated carbocycles. The molecule has 0 aliphatic carbocycles. The number of hydrogen-bond donors (Lipinski definition) is 1. The monoisotopic (exact) mass is 1740 g/mol. The summed E-state index contributed by atoms with van der Waals surface area (Å²) in [6.07, 6.45) is -29.0. The van der Waals surface area contributed by atoms with Crippen LogP contribution in [0.25, 0.3) is 0 Å². The Kier molecular flexibility index (Phi) is 32.9. The molecule has 0 unspecified atom stereocenters. The van der Waals surface area contributed by atoms with Crippen molar-refractivity contribution in [3.63, 3.8) is 0 Å². The van der Waals surface area contributed by atoms with Crippen LogP contribution < -0.4 is 5.32 Å². The minimum absolute atomic E-state index is 0.0113. The van der Waals surface area contributed by atoms with Crippen molar-refractivity contribution < 1.29 is 119 Å². The molecule has 6 aliphatic heterocycles. The van der Waals surface area contributed by atoms with Gasteiger partial charge in [0.25, 0.3) is 0 Å². The van der Waals surface area contributed by atoms with Gasteiger partial charge in [-0.15, -0.1) is 0 Å². The zero-order valence-corrected chi connectivity index (χ0v) is 72.7. The lowest BCUT2D eigenvalue weighted by atomic mass is 9.93. The molecular formula is C101H115NO25. The molecule has 0 aromatic heterocycles. The van der Waals surface area contributed by atoms with E-state index >= 15 is 4.79 Å². The molecule has 9 aromatic carbocycles. The number of carbonyl (C=O) groups is 3. The van der Waals surface area contributed by atoms with Gasteiger partial charge in [-0.25, -0.2) is 4.79 Å². The van der Waals surface area contributed by atoms with Gasteiger partial charge in [-0.05, 0) is 91.3 Å². The van der Waals surface area contributed by atoms with Crippen LogP contribution in [-0.4, -0.2) is 197 Å². The normalized spacial score (nSPS) is 30.6. The summed E-state index contributed by atoms with van der Waals surface area (Å²) >= 11 is 0. The van der Waals surface area contributed by atoms with E-state index in [0.717, 1.165) is 44.5 Å². The Balaban J connectivity index is 0.834. The Labute approximate surface area is 742 Å². The predicted octanol–water partition coefficient (Wildman–Crippen LogP) is 14.0. The van der Waals surface area contributed by atoms with E-state index in [4.69, 9.17) is 104 Å². The molecule has 6 aliphatic rings. The third-order valence-electron chi connectivity index (χ3n) is 23.1. The Morgan fingerprint density at radius 2 is 0.677 bits per heavy atom. The number of amides is 1.